The standard InChI is InChI=1S/C15H22N2O2S/c1-12(2)11-17(9-5-8-16)20(18,19)15-7-6-13(3)10-14(15)4/h6-7,10,12H,5,9,11H2,1-4H3. The molecular weight excluding hydrogens is 272 g/mol. The lowest BCUT2D eigenvalue weighted by atomic mass is 10.2. The van der Waals surface area contributed by atoms with Gasteiger partial charge in [-0.2, -0.15) is 9.57 Å². The van der Waals surface area contributed by atoms with Crippen molar-refractivity contribution in [3.05, 3.63) is 29.3 Å². The van der Waals surface area contributed by atoms with Gasteiger partial charge in [-0.15, -0.1) is 0 Å². The highest BCUT2D eigenvalue weighted by Crippen LogP contribution is 2.22. The van der Waals surface area contributed by atoms with Crippen molar-refractivity contribution >= 4 is 10.0 Å². The molecule has 110 valence electrons. The van der Waals surface area contributed by atoms with Gasteiger partial charge >= 0.3 is 0 Å². The molecule has 0 bridgehead atoms. The van der Waals surface area contributed by atoms with Gasteiger partial charge in [-0.3, -0.25) is 0 Å². The monoisotopic (exact) mass is 294 g/mol. The minimum Gasteiger partial charge on any atom is -0.207 e. The number of aryl methyl sites for hydroxylation is 2. The summed E-state index contributed by atoms with van der Waals surface area (Å²) in [5, 5.41) is 8.71. The van der Waals surface area contributed by atoms with Crippen LogP contribution in [0.4, 0.5) is 0 Å². The molecule has 0 saturated carbocycles. The summed E-state index contributed by atoms with van der Waals surface area (Å²) in [7, 11) is -3.53. The van der Waals surface area contributed by atoms with Gasteiger partial charge < -0.3 is 0 Å². The predicted octanol–water partition coefficient (Wildman–Crippen LogP) is 2.86. The van der Waals surface area contributed by atoms with Crippen molar-refractivity contribution in [2.75, 3.05) is 13.1 Å². The normalized spacial score (nSPS) is 11.8. The summed E-state index contributed by atoms with van der Waals surface area (Å²) in [5.41, 5.74) is 1.78. The number of nitrogens with zero attached hydrogens (tertiary/aromatic N) is 2. The summed E-state index contributed by atoms with van der Waals surface area (Å²) in [6, 6.07) is 7.33. The molecule has 0 atom stereocenters. The molecule has 0 aliphatic carbocycles. The molecule has 0 spiro atoms. The van der Waals surface area contributed by atoms with E-state index < -0.39 is 10.0 Å². The van der Waals surface area contributed by atoms with Gasteiger partial charge in [-0.1, -0.05) is 31.5 Å². The second-order valence-electron chi connectivity index (χ2n) is 5.43. The number of hydrogen-bond acceptors (Lipinski definition) is 3. The summed E-state index contributed by atoms with van der Waals surface area (Å²) in [6.07, 6.45) is 0.205. The summed E-state index contributed by atoms with van der Waals surface area (Å²) in [5.74, 6) is 0.217. The zero-order valence-corrected chi connectivity index (χ0v) is 13.4. The SMILES string of the molecule is Cc1ccc(S(=O)(=O)N(CCC#N)CC(C)C)c(C)c1. The van der Waals surface area contributed by atoms with Crippen molar-refractivity contribution in [1.82, 2.24) is 4.31 Å². The highest BCUT2D eigenvalue weighted by molar-refractivity contribution is 7.89. The lowest BCUT2D eigenvalue weighted by Crippen LogP contribution is -2.35. The molecule has 1 aromatic rings. The molecule has 0 aromatic heterocycles. The zero-order valence-electron chi connectivity index (χ0n) is 12.5. The molecule has 0 heterocycles. The van der Waals surface area contributed by atoms with Crippen LogP contribution in [0.25, 0.3) is 0 Å². The molecular formula is C15H22N2O2S. The molecule has 4 nitrogen and oxygen atoms in total. The second kappa shape index (κ2) is 6.87. The third-order valence-electron chi connectivity index (χ3n) is 2.99. The smallest absolute Gasteiger partial charge is 0.207 e. The lowest BCUT2D eigenvalue weighted by molar-refractivity contribution is 0.372. The fourth-order valence-corrected chi connectivity index (χ4v) is 3.93. The van der Waals surface area contributed by atoms with E-state index in [0.29, 0.717) is 11.4 Å². The number of nitriles is 1. The Bertz CT molecular complexity index is 601. The van der Waals surface area contributed by atoms with Gasteiger partial charge in [0, 0.05) is 19.5 Å². The first-order chi connectivity index (χ1) is 9.28. The van der Waals surface area contributed by atoms with E-state index in [1.54, 1.807) is 19.1 Å². The van der Waals surface area contributed by atoms with Crippen LogP contribution >= 0.6 is 0 Å². The minimum absolute atomic E-state index is 0.205. The molecule has 0 aliphatic heterocycles. The van der Waals surface area contributed by atoms with E-state index in [2.05, 4.69) is 0 Å². The Morgan fingerprint density at radius 3 is 2.45 bits per heavy atom. The van der Waals surface area contributed by atoms with Crippen LogP contribution < -0.4 is 0 Å². The van der Waals surface area contributed by atoms with E-state index in [-0.39, 0.29) is 18.9 Å². The maximum atomic E-state index is 12.7. The van der Waals surface area contributed by atoms with Crippen molar-refractivity contribution in [2.24, 2.45) is 5.92 Å². The average molecular weight is 294 g/mol. The predicted molar refractivity (Wildman–Crippen MR) is 79.7 cm³/mol. The molecule has 0 aliphatic rings. The highest BCUT2D eigenvalue weighted by atomic mass is 32.2. The van der Waals surface area contributed by atoms with Crippen LogP contribution in [0, 0.1) is 31.1 Å². The Morgan fingerprint density at radius 2 is 1.95 bits per heavy atom. The third-order valence-corrected chi connectivity index (χ3v) is 5.02. The van der Waals surface area contributed by atoms with Crippen LogP contribution in [-0.2, 0) is 10.0 Å². The van der Waals surface area contributed by atoms with Crippen molar-refractivity contribution in [1.29, 1.82) is 5.26 Å². The van der Waals surface area contributed by atoms with E-state index >= 15 is 0 Å². The van der Waals surface area contributed by atoms with Crippen LogP contribution in [0.5, 0.6) is 0 Å². The topological polar surface area (TPSA) is 61.2 Å². The van der Waals surface area contributed by atoms with Crippen LogP contribution in [0.3, 0.4) is 0 Å². The Kier molecular flexibility index (Phi) is 5.73. The first-order valence-electron chi connectivity index (χ1n) is 6.73. The van der Waals surface area contributed by atoms with Gasteiger partial charge in [0.05, 0.1) is 11.0 Å². The minimum atomic E-state index is -3.53. The maximum Gasteiger partial charge on any atom is 0.243 e. The Labute approximate surface area is 122 Å². The van der Waals surface area contributed by atoms with Crippen molar-refractivity contribution in [3.8, 4) is 6.07 Å². The molecule has 0 fully saturated rings. The first-order valence-corrected chi connectivity index (χ1v) is 8.17. The fraction of sp³-hybridized carbons (Fsp3) is 0.533. The summed E-state index contributed by atoms with van der Waals surface area (Å²) < 4.78 is 26.9. The van der Waals surface area contributed by atoms with Crippen LogP contribution in [0.15, 0.2) is 23.1 Å². The number of sulfonamides is 1. The van der Waals surface area contributed by atoms with Crippen molar-refractivity contribution in [2.45, 2.75) is 39.0 Å². The quantitative estimate of drug-likeness (QED) is 0.810. The summed E-state index contributed by atoms with van der Waals surface area (Å²) in [4.78, 5) is 0.335. The van der Waals surface area contributed by atoms with Gasteiger partial charge in [0.2, 0.25) is 10.0 Å². The number of benzene rings is 1. The van der Waals surface area contributed by atoms with Gasteiger partial charge in [-0.05, 0) is 31.4 Å². The molecule has 5 heteroatoms. The van der Waals surface area contributed by atoms with Gasteiger partial charge in [0.25, 0.3) is 0 Å². The molecule has 1 aromatic carbocycles. The molecule has 0 radical (unpaired) electrons. The van der Waals surface area contributed by atoms with E-state index in [1.165, 1.54) is 4.31 Å². The second-order valence-corrected chi connectivity index (χ2v) is 7.34. The number of rotatable bonds is 6. The van der Waals surface area contributed by atoms with Gasteiger partial charge in [0.15, 0.2) is 0 Å². The fourth-order valence-electron chi connectivity index (χ4n) is 2.12. The first kappa shape index (κ1) is 16.7. The number of hydrogen-bond donors (Lipinski definition) is 0. The molecule has 0 unspecified atom stereocenters. The third kappa shape index (κ3) is 4.06. The largest absolute Gasteiger partial charge is 0.243 e. The molecule has 1 rings (SSSR count). The van der Waals surface area contributed by atoms with E-state index in [4.69, 9.17) is 5.26 Å². The summed E-state index contributed by atoms with van der Waals surface area (Å²) in [6.45, 7) is 8.35. The van der Waals surface area contributed by atoms with Crippen LogP contribution in [0.1, 0.15) is 31.4 Å². The Hall–Kier alpha value is -1.38. The molecule has 0 N–H and O–H groups in total. The van der Waals surface area contributed by atoms with Gasteiger partial charge in [0.1, 0.15) is 0 Å². The Morgan fingerprint density at radius 1 is 1.30 bits per heavy atom. The molecule has 0 amide bonds. The average Bonchev–Trinajstić information content (AvgIpc) is 2.33. The van der Waals surface area contributed by atoms with E-state index in [0.717, 1.165) is 11.1 Å². The van der Waals surface area contributed by atoms with E-state index in [9.17, 15) is 8.42 Å². The lowest BCUT2D eigenvalue weighted by Gasteiger charge is -2.24. The zero-order chi connectivity index (χ0) is 15.3. The van der Waals surface area contributed by atoms with Crippen molar-refractivity contribution in [3.63, 3.8) is 0 Å². The highest BCUT2D eigenvalue weighted by Gasteiger charge is 2.26. The van der Waals surface area contributed by atoms with E-state index in [1.807, 2.05) is 32.9 Å². The van der Waals surface area contributed by atoms with Crippen LogP contribution in [0.2, 0.25) is 0 Å². The van der Waals surface area contributed by atoms with Gasteiger partial charge in [-0.25, -0.2) is 8.42 Å². The summed E-state index contributed by atoms with van der Waals surface area (Å²) >= 11 is 0. The Balaban J connectivity index is 3.18. The molecule has 0 saturated heterocycles. The van der Waals surface area contributed by atoms with Crippen molar-refractivity contribution < 1.29 is 8.42 Å². The van der Waals surface area contributed by atoms with Crippen LogP contribution in [-0.4, -0.2) is 25.8 Å². The maximum absolute atomic E-state index is 12.7. The molecule has 20 heavy (non-hydrogen) atoms.